The first-order chi connectivity index (χ1) is 15.7. The summed E-state index contributed by atoms with van der Waals surface area (Å²) in [5.41, 5.74) is 3.72. The summed E-state index contributed by atoms with van der Waals surface area (Å²) in [6, 6.07) is 18.2. The van der Waals surface area contributed by atoms with E-state index in [9.17, 15) is 18.0 Å². The van der Waals surface area contributed by atoms with E-state index in [1.54, 1.807) is 36.4 Å². The van der Waals surface area contributed by atoms with Gasteiger partial charge in [-0.15, -0.1) is 0 Å². The average molecular weight is 463 g/mol. The fourth-order valence-corrected chi connectivity index (χ4v) is 4.41. The number of hydrogen-bond donors (Lipinski definition) is 2. The lowest BCUT2D eigenvalue weighted by Crippen LogP contribution is -2.28. The topological polar surface area (TPSA) is 110 Å². The number of benzene rings is 3. The summed E-state index contributed by atoms with van der Waals surface area (Å²) in [5.74, 6) is -0.419. The van der Waals surface area contributed by atoms with E-state index in [1.807, 2.05) is 19.9 Å². The third-order valence-corrected chi connectivity index (χ3v) is 6.66. The Bertz CT molecular complexity index is 1510. The highest BCUT2D eigenvalue weighted by Crippen LogP contribution is 2.20. The molecule has 4 rings (SSSR count). The van der Waals surface area contributed by atoms with Gasteiger partial charge in [0, 0.05) is 11.4 Å². The molecule has 8 nitrogen and oxygen atoms in total. The summed E-state index contributed by atoms with van der Waals surface area (Å²) >= 11 is 0. The van der Waals surface area contributed by atoms with Gasteiger partial charge in [-0.05, 0) is 73.5 Å². The van der Waals surface area contributed by atoms with Crippen molar-refractivity contribution in [1.82, 2.24) is 9.55 Å². The second-order valence-corrected chi connectivity index (χ2v) is 9.33. The molecule has 4 aromatic rings. The molecule has 168 valence electrons. The normalized spacial score (nSPS) is 11.3. The molecule has 0 saturated heterocycles. The van der Waals surface area contributed by atoms with Crippen LogP contribution < -0.4 is 15.6 Å². The number of nitrogens with one attached hydrogen (secondary N) is 2. The van der Waals surface area contributed by atoms with Crippen molar-refractivity contribution < 1.29 is 13.2 Å². The number of aromatic nitrogens is 2. The molecule has 0 aliphatic rings. The third kappa shape index (κ3) is 4.93. The van der Waals surface area contributed by atoms with E-state index in [1.165, 1.54) is 35.0 Å². The van der Waals surface area contributed by atoms with Crippen LogP contribution >= 0.6 is 0 Å². The number of anilines is 2. The molecule has 0 aliphatic heterocycles. The average Bonchev–Trinajstić information content (AvgIpc) is 2.78. The minimum Gasteiger partial charge on any atom is -0.325 e. The fourth-order valence-electron chi connectivity index (χ4n) is 3.36. The molecule has 0 aliphatic carbocycles. The molecule has 0 atom stereocenters. The van der Waals surface area contributed by atoms with Crippen LogP contribution in [0.2, 0.25) is 0 Å². The lowest BCUT2D eigenvalue weighted by Gasteiger charge is -2.12. The number of sulfonamides is 1. The Hall–Kier alpha value is -3.98. The van der Waals surface area contributed by atoms with Crippen molar-refractivity contribution in [2.45, 2.75) is 25.3 Å². The molecule has 0 unspecified atom stereocenters. The van der Waals surface area contributed by atoms with Gasteiger partial charge in [0.1, 0.15) is 6.54 Å². The van der Waals surface area contributed by atoms with Crippen molar-refractivity contribution in [2.75, 3.05) is 10.0 Å². The Morgan fingerprint density at radius 3 is 2.36 bits per heavy atom. The Morgan fingerprint density at radius 2 is 1.64 bits per heavy atom. The molecule has 0 saturated carbocycles. The molecule has 0 spiro atoms. The van der Waals surface area contributed by atoms with E-state index < -0.39 is 15.9 Å². The molecule has 1 aromatic heterocycles. The largest absolute Gasteiger partial charge is 0.325 e. The summed E-state index contributed by atoms with van der Waals surface area (Å²) in [6.45, 7) is 3.66. The van der Waals surface area contributed by atoms with Gasteiger partial charge in [-0.1, -0.05) is 18.2 Å². The molecule has 0 radical (unpaired) electrons. The van der Waals surface area contributed by atoms with Crippen molar-refractivity contribution in [3.63, 3.8) is 0 Å². The number of carbonyl (C=O) groups excluding carboxylic acids is 1. The highest BCUT2D eigenvalue weighted by atomic mass is 32.2. The zero-order valence-electron chi connectivity index (χ0n) is 18.1. The van der Waals surface area contributed by atoms with Crippen LogP contribution in [-0.2, 0) is 21.4 Å². The summed E-state index contributed by atoms with van der Waals surface area (Å²) in [4.78, 5) is 28.9. The molecule has 3 aromatic carbocycles. The van der Waals surface area contributed by atoms with E-state index in [0.29, 0.717) is 22.4 Å². The first-order valence-electron chi connectivity index (χ1n) is 10.2. The van der Waals surface area contributed by atoms with Crippen molar-refractivity contribution in [2.24, 2.45) is 0 Å². The summed E-state index contributed by atoms with van der Waals surface area (Å²) in [6.07, 6.45) is 1.18. The number of fused-ring (bicyclic) bond motifs is 1. The van der Waals surface area contributed by atoms with Crippen LogP contribution in [0.3, 0.4) is 0 Å². The smallest absolute Gasteiger partial charge is 0.269 e. The van der Waals surface area contributed by atoms with Crippen LogP contribution in [0.5, 0.6) is 0 Å². The highest BCUT2D eigenvalue weighted by molar-refractivity contribution is 7.92. The van der Waals surface area contributed by atoms with Gasteiger partial charge in [-0.25, -0.2) is 13.4 Å². The number of carbonyl (C=O) groups is 1. The Labute approximate surface area is 191 Å². The van der Waals surface area contributed by atoms with Gasteiger partial charge < -0.3 is 5.32 Å². The SMILES string of the molecule is Cc1ccc(NS(=O)(=O)c2ccc(NC(=O)Cn3c(=O)cnc4ccccc43)cc2)cc1C. The first kappa shape index (κ1) is 22.2. The molecule has 9 heteroatoms. The third-order valence-electron chi connectivity index (χ3n) is 5.26. The van der Waals surface area contributed by atoms with Crippen molar-refractivity contribution in [1.29, 1.82) is 0 Å². The molecule has 33 heavy (non-hydrogen) atoms. The second-order valence-electron chi connectivity index (χ2n) is 7.65. The molecule has 0 bridgehead atoms. The molecule has 1 heterocycles. The number of hydrogen-bond acceptors (Lipinski definition) is 5. The Kier molecular flexibility index (Phi) is 5.97. The lowest BCUT2D eigenvalue weighted by atomic mass is 10.1. The van der Waals surface area contributed by atoms with Crippen LogP contribution in [-0.4, -0.2) is 23.9 Å². The van der Waals surface area contributed by atoms with E-state index >= 15 is 0 Å². The molecule has 0 fully saturated rings. The maximum atomic E-state index is 12.7. The number of para-hydroxylation sites is 2. The van der Waals surface area contributed by atoms with Gasteiger partial charge in [-0.2, -0.15) is 0 Å². The zero-order chi connectivity index (χ0) is 23.6. The maximum Gasteiger partial charge on any atom is 0.269 e. The Balaban J connectivity index is 1.47. The van der Waals surface area contributed by atoms with E-state index in [2.05, 4.69) is 15.0 Å². The number of nitrogens with zero attached hydrogens (tertiary/aromatic N) is 2. The van der Waals surface area contributed by atoms with Crippen LogP contribution in [0.25, 0.3) is 11.0 Å². The molecular weight excluding hydrogens is 440 g/mol. The van der Waals surface area contributed by atoms with Crippen molar-refractivity contribution in [3.05, 3.63) is 94.4 Å². The van der Waals surface area contributed by atoms with E-state index in [-0.39, 0.29) is 17.0 Å². The van der Waals surface area contributed by atoms with Crippen LogP contribution in [0.15, 0.2) is 82.6 Å². The molecule has 2 N–H and O–H groups in total. The van der Waals surface area contributed by atoms with Gasteiger partial charge in [0.25, 0.3) is 15.6 Å². The van der Waals surface area contributed by atoms with Gasteiger partial charge in [0.15, 0.2) is 0 Å². The summed E-state index contributed by atoms with van der Waals surface area (Å²) < 4.78 is 29.3. The predicted octanol–water partition coefficient (Wildman–Crippen LogP) is 3.45. The Morgan fingerprint density at radius 1 is 0.939 bits per heavy atom. The lowest BCUT2D eigenvalue weighted by molar-refractivity contribution is -0.116. The standard InChI is InChI=1S/C24H22N4O4S/c1-16-7-8-19(13-17(16)2)27-33(31,32)20-11-9-18(10-12-20)26-23(29)15-28-22-6-4-3-5-21(22)25-14-24(28)30/h3-14,27H,15H2,1-2H3,(H,26,29). The maximum absolute atomic E-state index is 12.7. The van der Waals surface area contributed by atoms with Gasteiger partial charge >= 0.3 is 0 Å². The fraction of sp³-hybridized carbons (Fsp3) is 0.125. The van der Waals surface area contributed by atoms with Crippen LogP contribution in [0.1, 0.15) is 11.1 Å². The van der Waals surface area contributed by atoms with Crippen LogP contribution in [0.4, 0.5) is 11.4 Å². The highest BCUT2D eigenvalue weighted by Gasteiger charge is 2.15. The molecular formula is C24H22N4O4S. The monoisotopic (exact) mass is 462 g/mol. The minimum atomic E-state index is -3.78. The number of amides is 1. The van der Waals surface area contributed by atoms with Crippen molar-refractivity contribution in [3.8, 4) is 0 Å². The van der Waals surface area contributed by atoms with E-state index in [4.69, 9.17) is 0 Å². The summed E-state index contributed by atoms with van der Waals surface area (Å²) in [5, 5.41) is 2.69. The quantitative estimate of drug-likeness (QED) is 0.456. The first-order valence-corrected chi connectivity index (χ1v) is 11.7. The number of aryl methyl sites for hydroxylation is 2. The zero-order valence-corrected chi connectivity index (χ0v) is 18.9. The predicted molar refractivity (Wildman–Crippen MR) is 128 cm³/mol. The van der Waals surface area contributed by atoms with Crippen LogP contribution in [0, 0.1) is 13.8 Å². The summed E-state index contributed by atoms with van der Waals surface area (Å²) in [7, 11) is -3.78. The van der Waals surface area contributed by atoms with Gasteiger partial charge in [0.05, 0.1) is 22.1 Å². The minimum absolute atomic E-state index is 0.0649. The van der Waals surface area contributed by atoms with Crippen molar-refractivity contribution >= 4 is 38.3 Å². The van der Waals surface area contributed by atoms with Gasteiger partial charge in [0.2, 0.25) is 5.91 Å². The van der Waals surface area contributed by atoms with Gasteiger partial charge in [-0.3, -0.25) is 18.9 Å². The second kappa shape index (κ2) is 8.87. The molecule has 1 amide bonds. The number of rotatable bonds is 6. The van der Waals surface area contributed by atoms with E-state index in [0.717, 1.165) is 11.1 Å².